The molecule has 1 heterocycles. The predicted molar refractivity (Wildman–Crippen MR) is 89.6 cm³/mol. The van der Waals surface area contributed by atoms with Gasteiger partial charge < -0.3 is 5.32 Å². The molecule has 0 atom stereocenters. The summed E-state index contributed by atoms with van der Waals surface area (Å²) in [4.78, 5) is 11.9. The van der Waals surface area contributed by atoms with Gasteiger partial charge in [-0.15, -0.1) is 0 Å². The molecular formula is C15H18ClN3OS. The molecule has 112 valence electrons. The van der Waals surface area contributed by atoms with Crippen molar-refractivity contribution in [2.45, 2.75) is 20.3 Å². The van der Waals surface area contributed by atoms with E-state index in [0.29, 0.717) is 16.6 Å². The number of aryl methyl sites for hydroxylation is 1. The van der Waals surface area contributed by atoms with Gasteiger partial charge in [0.05, 0.1) is 17.1 Å². The number of nitrogens with one attached hydrogen (secondary N) is 1. The molecule has 1 amide bonds. The van der Waals surface area contributed by atoms with E-state index < -0.39 is 0 Å². The fourth-order valence-electron chi connectivity index (χ4n) is 1.88. The normalized spacial score (nSPS) is 10.6. The van der Waals surface area contributed by atoms with Gasteiger partial charge in [-0.2, -0.15) is 16.9 Å². The molecule has 0 saturated carbocycles. The summed E-state index contributed by atoms with van der Waals surface area (Å²) in [6, 6.07) is 9.23. The number of benzene rings is 1. The fraction of sp³-hybridized carbons (Fsp3) is 0.333. The van der Waals surface area contributed by atoms with Gasteiger partial charge in [-0.25, -0.2) is 4.68 Å². The first-order valence-electron chi connectivity index (χ1n) is 6.80. The van der Waals surface area contributed by atoms with Gasteiger partial charge in [-0.05, 0) is 37.3 Å². The SMILES string of the molecule is CCCSCC(=O)Nc1cc(C)nn1-c1cccc(Cl)c1. The smallest absolute Gasteiger partial charge is 0.235 e. The van der Waals surface area contributed by atoms with Crippen LogP contribution in [0.1, 0.15) is 19.0 Å². The number of nitrogens with zero attached hydrogens (tertiary/aromatic N) is 2. The van der Waals surface area contributed by atoms with Crippen LogP contribution in [-0.4, -0.2) is 27.2 Å². The monoisotopic (exact) mass is 323 g/mol. The molecule has 0 aliphatic carbocycles. The van der Waals surface area contributed by atoms with Crippen LogP contribution in [0.2, 0.25) is 5.02 Å². The van der Waals surface area contributed by atoms with Gasteiger partial charge in [0.15, 0.2) is 0 Å². The summed E-state index contributed by atoms with van der Waals surface area (Å²) in [5.41, 5.74) is 1.67. The van der Waals surface area contributed by atoms with Crippen LogP contribution in [0.4, 0.5) is 5.82 Å². The largest absolute Gasteiger partial charge is 0.310 e. The number of aromatic nitrogens is 2. The Morgan fingerprint density at radius 3 is 2.95 bits per heavy atom. The van der Waals surface area contributed by atoms with Crippen LogP contribution in [0.25, 0.3) is 5.69 Å². The second-order valence-electron chi connectivity index (χ2n) is 4.66. The maximum Gasteiger partial charge on any atom is 0.235 e. The number of carbonyl (C=O) groups is 1. The van der Waals surface area contributed by atoms with E-state index in [9.17, 15) is 4.79 Å². The van der Waals surface area contributed by atoms with E-state index >= 15 is 0 Å². The van der Waals surface area contributed by atoms with Gasteiger partial charge in [0.1, 0.15) is 5.82 Å². The van der Waals surface area contributed by atoms with Gasteiger partial charge in [0, 0.05) is 11.1 Å². The lowest BCUT2D eigenvalue weighted by Crippen LogP contribution is -2.17. The number of hydrogen-bond donors (Lipinski definition) is 1. The molecule has 0 saturated heterocycles. The Bertz CT molecular complexity index is 627. The average molecular weight is 324 g/mol. The quantitative estimate of drug-likeness (QED) is 0.820. The summed E-state index contributed by atoms with van der Waals surface area (Å²) >= 11 is 7.64. The molecule has 1 N–H and O–H groups in total. The molecule has 4 nitrogen and oxygen atoms in total. The zero-order valence-corrected chi connectivity index (χ0v) is 13.7. The number of hydrogen-bond acceptors (Lipinski definition) is 3. The molecule has 1 aromatic heterocycles. The van der Waals surface area contributed by atoms with Crippen molar-refractivity contribution < 1.29 is 4.79 Å². The average Bonchev–Trinajstić information content (AvgIpc) is 2.80. The van der Waals surface area contributed by atoms with Crippen molar-refractivity contribution in [2.75, 3.05) is 16.8 Å². The Kier molecular flexibility index (Phi) is 5.70. The van der Waals surface area contributed by atoms with Crippen LogP contribution < -0.4 is 5.32 Å². The van der Waals surface area contributed by atoms with Crippen molar-refractivity contribution in [3.05, 3.63) is 41.0 Å². The third kappa shape index (κ3) is 4.51. The zero-order valence-electron chi connectivity index (χ0n) is 12.1. The minimum atomic E-state index is -0.0170. The molecule has 6 heteroatoms. The zero-order chi connectivity index (χ0) is 15.2. The molecule has 0 aliphatic heterocycles. The molecule has 21 heavy (non-hydrogen) atoms. The number of rotatable bonds is 6. The first-order valence-corrected chi connectivity index (χ1v) is 8.33. The Balaban J connectivity index is 2.15. The highest BCUT2D eigenvalue weighted by molar-refractivity contribution is 7.99. The molecule has 0 unspecified atom stereocenters. The molecule has 2 aromatic rings. The summed E-state index contributed by atoms with van der Waals surface area (Å²) in [5, 5.41) is 7.95. The second-order valence-corrected chi connectivity index (χ2v) is 6.21. The van der Waals surface area contributed by atoms with E-state index in [4.69, 9.17) is 11.6 Å². The van der Waals surface area contributed by atoms with Crippen molar-refractivity contribution in [3.63, 3.8) is 0 Å². The van der Waals surface area contributed by atoms with Crippen molar-refractivity contribution >= 4 is 35.1 Å². The highest BCUT2D eigenvalue weighted by Crippen LogP contribution is 2.20. The Morgan fingerprint density at radius 2 is 2.24 bits per heavy atom. The maximum atomic E-state index is 11.9. The minimum absolute atomic E-state index is 0.0170. The number of thioether (sulfide) groups is 1. The maximum absolute atomic E-state index is 11.9. The summed E-state index contributed by atoms with van der Waals surface area (Å²) in [7, 11) is 0. The van der Waals surface area contributed by atoms with Gasteiger partial charge in [0.2, 0.25) is 5.91 Å². The lowest BCUT2D eigenvalue weighted by Gasteiger charge is -2.09. The molecule has 0 bridgehead atoms. The van der Waals surface area contributed by atoms with Crippen LogP contribution in [0.3, 0.4) is 0 Å². The van der Waals surface area contributed by atoms with E-state index in [1.165, 1.54) is 0 Å². The van der Waals surface area contributed by atoms with E-state index in [-0.39, 0.29) is 5.91 Å². The summed E-state index contributed by atoms with van der Waals surface area (Å²) < 4.78 is 1.70. The Hall–Kier alpha value is -1.46. The second kappa shape index (κ2) is 7.52. The van der Waals surface area contributed by atoms with E-state index in [1.54, 1.807) is 22.5 Å². The summed E-state index contributed by atoms with van der Waals surface area (Å²) in [5.74, 6) is 2.08. The molecule has 0 aliphatic rings. The van der Waals surface area contributed by atoms with Gasteiger partial charge in [0.25, 0.3) is 0 Å². The van der Waals surface area contributed by atoms with Crippen molar-refractivity contribution in [2.24, 2.45) is 0 Å². The lowest BCUT2D eigenvalue weighted by molar-refractivity contribution is -0.113. The van der Waals surface area contributed by atoms with E-state index in [2.05, 4.69) is 17.3 Å². The molecule has 2 rings (SSSR count). The number of carbonyl (C=O) groups excluding carboxylic acids is 1. The van der Waals surface area contributed by atoms with E-state index in [1.807, 2.05) is 31.2 Å². The fourth-order valence-corrected chi connectivity index (χ4v) is 2.76. The lowest BCUT2D eigenvalue weighted by atomic mass is 10.3. The summed E-state index contributed by atoms with van der Waals surface area (Å²) in [6.45, 7) is 3.99. The number of amides is 1. The standard InChI is InChI=1S/C15H18ClN3OS/c1-3-7-21-10-15(20)17-14-8-11(2)18-19(14)13-6-4-5-12(16)9-13/h4-6,8-9H,3,7,10H2,1-2H3,(H,17,20). The van der Waals surface area contributed by atoms with Gasteiger partial charge in [-0.1, -0.05) is 24.6 Å². The van der Waals surface area contributed by atoms with Crippen LogP contribution in [0.5, 0.6) is 0 Å². The number of halogens is 1. The highest BCUT2D eigenvalue weighted by Gasteiger charge is 2.11. The van der Waals surface area contributed by atoms with Crippen molar-refractivity contribution in [1.82, 2.24) is 9.78 Å². The summed E-state index contributed by atoms with van der Waals surface area (Å²) in [6.07, 6.45) is 1.07. The first kappa shape index (κ1) is 15.9. The molecular weight excluding hydrogens is 306 g/mol. The molecule has 0 spiro atoms. The minimum Gasteiger partial charge on any atom is -0.310 e. The van der Waals surface area contributed by atoms with E-state index in [0.717, 1.165) is 23.6 Å². The van der Waals surface area contributed by atoms with Gasteiger partial charge in [-0.3, -0.25) is 4.79 Å². The van der Waals surface area contributed by atoms with Crippen LogP contribution in [-0.2, 0) is 4.79 Å². The predicted octanol–water partition coefficient (Wildman–Crippen LogP) is 3.92. The van der Waals surface area contributed by atoms with Crippen LogP contribution in [0, 0.1) is 6.92 Å². The van der Waals surface area contributed by atoms with Crippen molar-refractivity contribution in [1.29, 1.82) is 0 Å². The third-order valence-corrected chi connectivity index (χ3v) is 4.13. The molecule has 1 aromatic carbocycles. The highest BCUT2D eigenvalue weighted by atomic mass is 35.5. The van der Waals surface area contributed by atoms with Gasteiger partial charge >= 0.3 is 0 Å². The first-order chi connectivity index (χ1) is 10.1. The number of anilines is 1. The third-order valence-electron chi connectivity index (χ3n) is 2.73. The van der Waals surface area contributed by atoms with Crippen LogP contribution in [0.15, 0.2) is 30.3 Å². The Morgan fingerprint density at radius 1 is 1.43 bits per heavy atom. The molecule has 0 fully saturated rings. The topological polar surface area (TPSA) is 46.9 Å². The van der Waals surface area contributed by atoms with Crippen molar-refractivity contribution in [3.8, 4) is 5.69 Å². The van der Waals surface area contributed by atoms with Crippen LogP contribution >= 0.6 is 23.4 Å². The Labute approximate surface area is 133 Å². The molecule has 0 radical (unpaired) electrons.